The molecule has 0 aliphatic rings. The van der Waals surface area contributed by atoms with E-state index in [1.54, 1.807) is 13.8 Å². The molecule has 0 unspecified atom stereocenters. The first-order chi connectivity index (χ1) is 11.8. The van der Waals surface area contributed by atoms with E-state index in [0.717, 1.165) is 16.7 Å². The number of benzene rings is 2. The average molecular weight is 399 g/mol. The van der Waals surface area contributed by atoms with Gasteiger partial charge >= 0.3 is 5.97 Å². The third-order valence-electron chi connectivity index (χ3n) is 3.53. The van der Waals surface area contributed by atoms with Gasteiger partial charge < -0.3 is 9.84 Å². The van der Waals surface area contributed by atoms with Crippen molar-refractivity contribution >= 4 is 30.0 Å². The van der Waals surface area contributed by atoms with Crippen LogP contribution in [0.2, 0.25) is 5.02 Å². The molecule has 2 aromatic rings. The molecule has 2 rings (SSSR count). The highest BCUT2D eigenvalue weighted by atomic mass is 35.5. The minimum atomic E-state index is -1.27. The number of nitrogens with two attached hydrogens (primary N) is 1. The van der Waals surface area contributed by atoms with Crippen LogP contribution in [0.1, 0.15) is 19.4 Å². The summed E-state index contributed by atoms with van der Waals surface area (Å²) in [6.07, 6.45) is -1.54. The molecule has 3 N–H and O–H groups in total. The quantitative estimate of drug-likeness (QED) is 0.424. The van der Waals surface area contributed by atoms with E-state index in [-0.39, 0.29) is 25.1 Å². The smallest absolute Gasteiger partial charge is 0.336 e. The number of nitrogens with zero attached hydrogens (tertiary/aromatic N) is 1. The van der Waals surface area contributed by atoms with Gasteiger partial charge in [-0.15, -0.1) is 12.4 Å². The Bertz CT molecular complexity index is 708. The Hall–Kier alpha value is -1.63. The normalized spacial score (nSPS) is 12.0. The number of carbonyl (C=O) groups excluding carboxylic acids is 1. The fraction of sp³-hybridized carbons (Fsp3) is 0.316. The molecule has 0 aliphatic heterocycles. The molecule has 1 atom stereocenters. The number of hydrazine groups is 1. The zero-order chi connectivity index (χ0) is 18.4. The number of ether oxygens (including phenoxy) is 1. The highest BCUT2D eigenvalue weighted by Gasteiger charge is 2.20. The van der Waals surface area contributed by atoms with E-state index in [1.165, 1.54) is 5.01 Å². The number of halogens is 2. The zero-order valence-electron chi connectivity index (χ0n) is 14.8. The summed E-state index contributed by atoms with van der Waals surface area (Å²) in [4.78, 5) is 11.6. The molecule has 142 valence electrons. The van der Waals surface area contributed by atoms with Crippen molar-refractivity contribution in [2.45, 2.75) is 32.6 Å². The van der Waals surface area contributed by atoms with Crippen molar-refractivity contribution in [1.29, 1.82) is 0 Å². The van der Waals surface area contributed by atoms with Gasteiger partial charge in [0.2, 0.25) is 0 Å². The maximum absolute atomic E-state index is 11.6. The van der Waals surface area contributed by atoms with E-state index >= 15 is 0 Å². The van der Waals surface area contributed by atoms with Gasteiger partial charge in [-0.25, -0.2) is 9.80 Å². The Labute approximate surface area is 165 Å². The second kappa shape index (κ2) is 10.5. The van der Waals surface area contributed by atoms with Crippen molar-refractivity contribution in [2.75, 3.05) is 6.54 Å². The van der Waals surface area contributed by atoms with Gasteiger partial charge in [-0.1, -0.05) is 48.0 Å². The first-order valence-corrected chi connectivity index (χ1v) is 8.46. The largest absolute Gasteiger partial charge is 0.461 e. The van der Waals surface area contributed by atoms with Gasteiger partial charge in [0, 0.05) is 11.6 Å². The van der Waals surface area contributed by atoms with E-state index in [2.05, 4.69) is 0 Å². The van der Waals surface area contributed by atoms with Crippen molar-refractivity contribution in [3.8, 4) is 11.1 Å². The van der Waals surface area contributed by atoms with Crippen LogP contribution in [0, 0.1) is 0 Å². The molecule has 0 heterocycles. The number of aliphatic hydroxyl groups is 1. The lowest BCUT2D eigenvalue weighted by molar-refractivity contribution is -0.158. The van der Waals surface area contributed by atoms with Crippen LogP contribution in [0.5, 0.6) is 0 Å². The summed E-state index contributed by atoms with van der Waals surface area (Å²) in [6, 6.07) is 15.5. The SMILES string of the molecule is CC(C)OC(=O)[C@H](O)CN(N)Cc1ccc(-c2cccc(Cl)c2)cc1.Cl. The second-order valence-corrected chi connectivity index (χ2v) is 6.57. The molecule has 0 radical (unpaired) electrons. The second-order valence-electron chi connectivity index (χ2n) is 6.14. The van der Waals surface area contributed by atoms with E-state index in [0.29, 0.717) is 11.6 Å². The number of rotatable bonds is 7. The van der Waals surface area contributed by atoms with Crippen molar-refractivity contribution in [2.24, 2.45) is 5.84 Å². The number of aliphatic hydroxyl groups excluding tert-OH is 1. The van der Waals surface area contributed by atoms with Gasteiger partial charge in [0.05, 0.1) is 12.6 Å². The average Bonchev–Trinajstić information content (AvgIpc) is 2.54. The third kappa shape index (κ3) is 6.94. The van der Waals surface area contributed by atoms with Gasteiger partial charge in [-0.3, -0.25) is 5.84 Å². The number of carbonyl (C=O) groups is 1. The Morgan fingerprint density at radius 1 is 1.19 bits per heavy atom. The Balaban J connectivity index is 0.00000338. The van der Waals surface area contributed by atoms with Crippen LogP contribution in [0.4, 0.5) is 0 Å². The summed E-state index contributed by atoms with van der Waals surface area (Å²) in [5.41, 5.74) is 3.06. The molecule has 0 aromatic heterocycles. The summed E-state index contributed by atoms with van der Waals surface area (Å²) in [6.45, 7) is 3.86. The van der Waals surface area contributed by atoms with Crippen LogP contribution < -0.4 is 5.84 Å². The molecule has 0 spiro atoms. The van der Waals surface area contributed by atoms with Crippen molar-refractivity contribution in [1.82, 2.24) is 5.01 Å². The van der Waals surface area contributed by atoms with E-state index in [1.807, 2.05) is 48.5 Å². The number of hydrogen-bond donors (Lipinski definition) is 2. The minimum Gasteiger partial charge on any atom is -0.461 e. The predicted octanol–water partition coefficient (Wildman–Crippen LogP) is 3.42. The van der Waals surface area contributed by atoms with Crippen molar-refractivity contribution in [3.05, 3.63) is 59.1 Å². The molecule has 0 saturated carbocycles. The van der Waals surface area contributed by atoms with E-state index in [4.69, 9.17) is 22.2 Å². The van der Waals surface area contributed by atoms with Crippen LogP contribution in [0.15, 0.2) is 48.5 Å². The van der Waals surface area contributed by atoms with Crippen LogP contribution in [-0.2, 0) is 16.1 Å². The van der Waals surface area contributed by atoms with Crippen LogP contribution >= 0.6 is 24.0 Å². The van der Waals surface area contributed by atoms with Gasteiger partial charge in [0.1, 0.15) is 0 Å². The first-order valence-electron chi connectivity index (χ1n) is 8.08. The summed E-state index contributed by atoms with van der Waals surface area (Å²) in [5, 5.41) is 11.9. The maximum Gasteiger partial charge on any atom is 0.336 e. The molecule has 5 nitrogen and oxygen atoms in total. The van der Waals surface area contributed by atoms with E-state index < -0.39 is 12.1 Å². The molecule has 0 aliphatic carbocycles. The monoisotopic (exact) mass is 398 g/mol. The Kier molecular flexibility index (Phi) is 9.05. The molecule has 0 amide bonds. The molecule has 26 heavy (non-hydrogen) atoms. The van der Waals surface area contributed by atoms with Crippen LogP contribution in [0.3, 0.4) is 0 Å². The lowest BCUT2D eigenvalue weighted by atomic mass is 10.0. The molecule has 7 heteroatoms. The fourth-order valence-electron chi connectivity index (χ4n) is 2.38. The topological polar surface area (TPSA) is 75.8 Å². The lowest BCUT2D eigenvalue weighted by Gasteiger charge is -2.20. The van der Waals surface area contributed by atoms with Crippen molar-refractivity contribution < 1.29 is 14.6 Å². The van der Waals surface area contributed by atoms with Crippen LogP contribution in [0.25, 0.3) is 11.1 Å². The lowest BCUT2D eigenvalue weighted by Crippen LogP contribution is -2.41. The van der Waals surface area contributed by atoms with E-state index in [9.17, 15) is 9.90 Å². The van der Waals surface area contributed by atoms with Crippen molar-refractivity contribution in [3.63, 3.8) is 0 Å². The van der Waals surface area contributed by atoms with Gasteiger partial charge in [0.25, 0.3) is 0 Å². The Morgan fingerprint density at radius 3 is 2.42 bits per heavy atom. The first kappa shape index (κ1) is 22.4. The highest BCUT2D eigenvalue weighted by molar-refractivity contribution is 6.30. The molecular formula is C19H24Cl2N2O3. The molecule has 0 saturated heterocycles. The number of hydrogen-bond acceptors (Lipinski definition) is 5. The summed E-state index contributed by atoms with van der Waals surface area (Å²) < 4.78 is 4.96. The summed E-state index contributed by atoms with van der Waals surface area (Å²) >= 11 is 6.02. The summed E-state index contributed by atoms with van der Waals surface area (Å²) in [5.74, 6) is 5.23. The highest BCUT2D eigenvalue weighted by Crippen LogP contribution is 2.23. The van der Waals surface area contributed by atoms with Gasteiger partial charge in [-0.2, -0.15) is 0 Å². The fourth-order valence-corrected chi connectivity index (χ4v) is 2.57. The number of esters is 1. The van der Waals surface area contributed by atoms with Gasteiger partial charge in [-0.05, 0) is 42.7 Å². The zero-order valence-corrected chi connectivity index (χ0v) is 16.3. The molecular weight excluding hydrogens is 375 g/mol. The third-order valence-corrected chi connectivity index (χ3v) is 3.76. The standard InChI is InChI=1S/C19H23ClN2O3.ClH/c1-13(2)25-19(24)18(23)12-22(21)11-14-6-8-15(9-7-14)16-4-3-5-17(20)10-16;/h3-10,13,18,23H,11-12,21H2,1-2H3;1H/t18-;/m1./s1. The molecule has 2 aromatic carbocycles. The molecule has 0 fully saturated rings. The van der Waals surface area contributed by atoms with Gasteiger partial charge in [0.15, 0.2) is 6.10 Å². The van der Waals surface area contributed by atoms with Crippen LogP contribution in [-0.4, -0.2) is 34.8 Å². The Morgan fingerprint density at radius 2 is 1.85 bits per heavy atom. The maximum atomic E-state index is 11.6. The minimum absolute atomic E-state index is 0. The predicted molar refractivity (Wildman–Crippen MR) is 106 cm³/mol. The summed E-state index contributed by atoms with van der Waals surface area (Å²) in [7, 11) is 0. The molecule has 0 bridgehead atoms.